The predicted molar refractivity (Wildman–Crippen MR) is 99.5 cm³/mol. The number of hydrogen-bond acceptors (Lipinski definition) is 6. The van der Waals surface area contributed by atoms with E-state index in [9.17, 15) is 9.59 Å². The lowest BCUT2D eigenvalue weighted by Crippen LogP contribution is -2.49. The van der Waals surface area contributed by atoms with Gasteiger partial charge in [0.05, 0.1) is 5.56 Å². The number of carboxylic acid groups (broad SMARTS) is 1. The van der Waals surface area contributed by atoms with Crippen LogP contribution in [0.5, 0.6) is 0 Å². The van der Waals surface area contributed by atoms with Crippen LogP contribution in [0.15, 0.2) is 47.5 Å². The first kappa shape index (κ1) is 18.2. The second kappa shape index (κ2) is 8.18. The summed E-state index contributed by atoms with van der Waals surface area (Å²) in [6, 6.07) is 10.9. The Morgan fingerprint density at radius 2 is 1.85 bits per heavy atom. The van der Waals surface area contributed by atoms with E-state index in [-0.39, 0.29) is 5.91 Å². The number of rotatable bonds is 5. The molecule has 7 nitrogen and oxygen atoms in total. The summed E-state index contributed by atoms with van der Waals surface area (Å²) in [6.07, 6.45) is 1.63. The van der Waals surface area contributed by atoms with Crippen molar-refractivity contribution < 1.29 is 14.7 Å². The minimum Gasteiger partial charge on any atom is -0.480 e. The third-order valence-electron chi connectivity index (χ3n) is 4.22. The molecule has 8 heteroatoms. The largest absolute Gasteiger partial charge is 0.480 e. The van der Waals surface area contributed by atoms with E-state index < -0.39 is 11.2 Å². The molecule has 3 rings (SSSR count). The van der Waals surface area contributed by atoms with Crippen molar-refractivity contribution in [2.45, 2.75) is 17.1 Å². The van der Waals surface area contributed by atoms with Crippen LogP contribution in [0.3, 0.4) is 0 Å². The number of piperazine rings is 1. The smallest absolute Gasteiger partial charge is 0.316 e. The number of carbonyl (C=O) groups is 2. The topological polar surface area (TPSA) is 86.6 Å². The quantitative estimate of drug-likeness (QED) is 0.803. The van der Waals surface area contributed by atoms with Crippen LogP contribution in [0, 0.1) is 0 Å². The molecule has 0 aliphatic carbocycles. The number of aliphatic carboxylic acids is 1. The maximum atomic E-state index is 12.9. The van der Waals surface area contributed by atoms with E-state index in [1.165, 1.54) is 11.8 Å². The summed E-state index contributed by atoms with van der Waals surface area (Å²) in [7, 11) is 0. The molecule has 1 fully saturated rings. The van der Waals surface area contributed by atoms with Crippen molar-refractivity contribution in [1.29, 1.82) is 0 Å². The van der Waals surface area contributed by atoms with Crippen LogP contribution in [0.1, 0.15) is 17.3 Å². The molecule has 1 aromatic heterocycles. The number of anilines is 1. The Hall–Kier alpha value is -2.61. The normalized spacial score (nSPS) is 15.6. The lowest BCUT2D eigenvalue weighted by Gasteiger charge is -2.35. The highest BCUT2D eigenvalue weighted by Crippen LogP contribution is 2.28. The third kappa shape index (κ3) is 4.13. The van der Waals surface area contributed by atoms with Crippen molar-refractivity contribution in [3.63, 3.8) is 0 Å². The van der Waals surface area contributed by atoms with E-state index in [4.69, 9.17) is 5.11 Å². The van der Waals surface area contributed by atoms with Gasteiger partial charge in [-0.25, -0.2) is 0 Å². The summed E-state index contributed by atoms with van der Waals surface area (Å²) in [4.78, 5) is 28.7. The molecule has 2 heterocycles. The Morgan fingerprint density at radius 3 is 2.50 bits per heavy atom. The summed E-state index contributed by atoms with van der Waals surface area (Å²) in [6.45, 7) is 4.16. The van der Waals surface area contributed by atoms with Crippen molar-refractivity contribution in [3.05, 3.63) is 48.2 Å². The minimum absolute atomic E-state index is 0.0653. The third-order valence-corrected chi connectivity index (χ3v) is 5.38. The second-order valence-electron chi connectivity index (χ2n) is 5.96. The molecule has 0 bridgehead atoms. The first-order valence-corrected chi connectivity index (χ1v) is 9.24. The number of aromatic nitrogens is 2. The first-order valence-electron chi connectivity index (χ1n) is 8.36. The van der Waals surface area contributed by atoms with Gasteiger partial charge >= 0.3 is 5.97 Å². The molecule has 1 N–H and O–H groups in total. The van der Waals surface area contributed by atoms with E-state index in [2.05, 4.69) is 15.1 Å². The highest BCUT2D eigenvalue weighted by Gasteiger charge is 2.25. The molecular weight excluding hydrogens is 352 g/mol. The molecule has 1 aliphatic heterocycles. The van der Waals surface area contributed by atoms with Gasteiger partial charge < -0.3 is 14.9 Å². The standard InChI is InChI=1S/C18H20N4O3S/c1-13(18(24)25)26-15-6-3-2-5-14(15)17(23)22-11-9-21(10-12-22)16-7-4-8-19-20-16/h2-8,13H,9-12H2,1H3,(H,24,25). The number of carboxylic acids is 1. The Kier molecular flexibility index (Phi) is 5.72. The van der Waals surface area contributed by atoms with E-state index in [1.54, 1.807) is 36.2 Å². The zero-order valence-electron chi connectivity index (χ0n) is 14.4. The summed E-state index contributed by atoms with van der Waals surface area (Å²) >= 11 is 1.19. The average Bonchev–Trinajstić information content (AvgIpc) is 2.68. The summed E-state index contributed by atoms with van der Waals surface area (Å²) in [5.41, 5.74) is 0.554. The predicted octanol–water partition coefficient (Wildman–Crippen LogP) is 2.00. The molecule has 0 saturated carbocycles. The van der Waals surface area contributed by atoms with E-state index >= 15 is 0 Å². The molecule has 1 amide bonds. The molecular formula is C18H20N4O3S. The molecule has 2 aromatic rings. The van der Waals surface area contributed by atoms with Gasteiger partial charge in [-0.15, -0.1) is 16.9 Å². The van der Waals surface area contributed by atoms with Gasteiger partial charge in [-0.2, -0.15) is 5.10 Å². The van der Waals surface area contributed by atoms with Crippen molar-refractivity contribution >= 4 is 29.5 Å². The fourth-order valence-corrected chi connectivity index (χ4v) is 3.68. The Labute approximate surface area is 156 Å². The van der Waals surface area contributed by atoms with Gasteiger partial charge in [0.1, 0.15) is 5.25 Å². The van der Waals surface area contributed by atoms with Gasteiger partial charge in [-0.1, -0.05) is 12.1 Å². The van der Waals surface area contributed by atoms with Crippen LogP contribution in [0.4, 0.5) is 5.82 Å². The maximum Gasteiger partial charge on any atom is 0.316 e. The van der Waals surface area contributed by atoms with Crippen molar-refractivity contribution in [1.82, 2.24) is 15.1 Å². The molecule has 0 spiro atoms. The van der Waals surface area contributed by atoms with Crippen LogP contribution < -0.4 is 4.90 Å². The fraction of sp³-hybridized carbons (Fsp3) is 0.333. The van der Waals surface area contributed by atoms with Crippen molar-refractivity contribution in [2.24, 2.45) is 0 Å². The van der Waals surface area contributed by atoms with E-state index in [0.717, 1.165) is 5.82 Å². The zero-order chi connectivity index (χ0) is 18.5. The summed E-state index contributed by atoms with van der Waals surface area (Å²) < 4.78 is 0. The van der Waals surface area contributed by atoms with Crippen LogP contribution in [0.25, 0.3) is 0 Å². The molecule has 136 valence electrons. The van der Waals surface area contributed by atoms with Gasteiger partial charge in [0.2, 0.25) is 0 Å². The van der Waals surface area contributed by atoms with E-state index in [0.29, 0.717) is 36.6 Å². The van der Waals surface area contributed by atoms with Gasteiger partial charge in [0.15, 0.2) is 5.82 Å². The van der Waals surface area contributed by atoms with E-state index in [1.807, 2.05) is 18.2 Å². The van der Waals surface area contributed by atoms with Gasteiger partial charge in [0.25, 0.3) is 5.91 Å². The summed E-state index contributed by atoms with van der Waals surface area (Å²) in [5, 5.41) is 16.5. The lowest BCUT2D eigenvalue weighted by molar-refractivity contribution is -0.136. The number of thioether (sulfide) groups is 1. The Bertz CT molecular complexity index is 779. The Morgan fingerprint density at radius 1 is 1.12 bits per heavy atom. The van der Waals surface area contributed by atoms with Crippen molar-refractivity contribution in [2.75, 3.05) is 31.1 Å². The van der Waals surface area contributed by atoms with Gasteiger partial charge in [0, 0.05) is 37.3 Å². The second-order valence-corrected chi connectivity index (χ2v) is 7.34. The molecule has 1 unspecified atom stereocenters. The fourth-order valence-electron chi connectivity index (χ4n) is 2.76. The van der Waals surface area contributed by atoms with Crippen LogP contribution in [-0.2, 0) is 4.79 Å². The molecule has 1 saturated heterocycles. The number of carbonyl (C=O) groups excluding carboxylic acids is 1. The van der Waals surface area contributed by atoms with Gasteiger partial charge in [-0.3, -0.25) is 9.59 Å². The SMILES string of the molecule is CC(Sc1ccccc1C(=O)N1CCN(c2cccnn2)CC1)C(=O)O. The number of hydrogen-bond donors (Lipinski definition) is 1. The highest BCUT2D eigenvalue weighted by molar-refractivity contribution is 8.00. The first-order chi connectivity index (χ1) is 12.6. The van der Waals surface area contributed by atoms with Crippen LogP contribution in [-0.4, -0.2) is 63.5 Å². The maximum absolute atomic E-state index is 12.9. The van der Waals surface area contributed by atoms with Crippen molar-refractivity contribution in [3.8, 4) is 0 Å². The molecule has 26 heavy (non-hydrogen) atoms. The monoisotopic (exact) mass is 372 g/mol. The molecule has 1 aliphatic rings. The minimum atomic E-state index is -0.894. The lowest BCUT2D eigenvalue weighted by atomic mass is 10.2. The number of benzene rings is 1. The summed E-state index contributed by atoms with van der Waals surface area (Å²) in [5.74, 6) is -0.148. The highest BCUT2D eigenvalue weighted by atomic mass is 32.2. The average molecular weight is 372 g/mol. The molecule has 0 radical (unpaired) electrons. The molecule has 1 atom stereocenters. The number of nitrogens with zero attached hydrogens (tertiary/aromatic N) is 4. The zero-order valence-corrected chi connectivity index (χ0v) is 15.2. The number of amides is 1. The molecule has 1 aromatic carbocycles. The van der Waals surface area contributed by atoms with Crippen LogP contribution in [0.2, 0.25) is 0 Å². The Balaban J connectivity index is 1.68. The van der Waals surface area contributed by atoms with Gasteiger partial charge in [-0.05, 0) is 31.2 Å². The van der Waals surface area contributed by atoms with Crippen LogP contribution >= 0.6 is 11.8 Å².